The van der Waals surface area contributed by atoms with Crippen LogP contribution in [0, 0.1) is 5.92 Å². The van der Waals surface area contributed by atoms with Gasteiger partial charge < -0.3 is 9.84 Å². The third-order valence-corrected chi connectivity index (χ3v) is 4.13. The molecule has 0 aliphatic carbocycles. The second-order valence-corrected chi connectivity index (χ2v) is 8.72. The Hall–Kier alpha value is -1.62. The highest BCUT2D eigenvalue weighted by atomic mass is 16.6. The number of pyridine rings is 1. The van der Waals surface area contributed by atoms with Crippen LogP contribution in [0.15, 0.2) is 12.3 Å². The number of carbonyl (C=O) groups is 1. The molecule has 0 radical (unpaired) electrons. The third kappa shape index (κ3) is 4.07. The van der Waals surface area contributed by atoms with E-state index in [0.717, 1.165) is 11.3 Å². The van der Waals surface area contributed by atoms with Crippen molar-refractivity contribution < 1.29 is 14.6 Å². The van der Waals surface area contributed by atoms with Crippen molar-refractivity contribution in [3.8, 4) is 0 Å². The maximum absolute atomic E-state index is 12.6. The van der Waals surface area contributed by atoms with Crippen LogP contribution in [0.4, 0.5) is 10.5 Å². The lowest BCUT2D eigenvalue weighted by atomic mass is 9.88. The minimum atomic E-state index is -0.625. The fourth-order valence-corrected chi connectivity index (χ4v) is 3.00. The average molecular weight is 334 g/mol. The lowest BCUT2D eigenvalue weighted by Crippen LogP contribution is -2.38. The number of ether oxygens (including phenoxy) is 1. The van der Waals surface area contributed by atoms with Gasteiger partial charge in [-0.25, -0.2) is 4.79 Å². The molecule has 0 spiro atoms. The predicted molar refractivity (Wildman–Crippen MR) is 95.3 cm³/mol. The van der Waals surface area contributed by atoms with Crippen molar-refractivity contribution in [1.29, 1.82) is 0 Å². The minimum Gasteiger partial charge on any atom is -0.443 e. The Morgan fingerprint density at radius 1 is 1.42 bits per heavy atom. The van der Waals surface area contributed by atoms with Crippen molar-refractivity contribution in [2.75, 3.05) is 11.4 Å². The smallest absolute Gasteiger partial charge is 0.414 e. The van der Waals surface area contributed by atoms with Crippen LogP contribution in [0.2, 0.25) is 0 Å². The van der Waals surface area contributed by atoms with Gasteiger partial charge in [0.15, 0.2) is 0 Å². The molecular weight excluding hydrogens is 304 g/mol. The fourth-order valence-electron chi connectivity index (χ4n) is 3.00. The van der Waals surface area contributed by atoms with Gasteiger partial charge in [-0.05, 0) is 39.2 Å². The molecule has 1 aliphatic rings. The molecule has 5 heteroatoms. The molecule has 0 fully saturated rings. The summed E-state index contributed by atoms with van der Waals surface area (Å²) < 4.78 is 5.54. The van der Waals surface area contributed by atoms with Gasteiger partial charge >= 0.3 is 6.09 Å². The normalized spacial score (nSPS) is 17.8. The van der Waals surface area contributed by atoms with Crippen LogP contribution in [0.1, 0.15) is 72.2 Å². The quantitative estimate of drug-likeness (QED) is 0.900. The van der Waals surface area contributed by atoms with E-state index in [2.05, 4.69) is 32.7 Å². The summed E-state index contributed by atoms with van der Waals surface area (Å²) in [5, 5.41) is 10.4. The van der Waals surface area contributed by atoms with Gasteiger partial charge in [-0.2, -0.15) is 0 Å². The fraction of sp³-hybridized carbons (Fsp3) is 0.684. The number of aliphatic hydroxyl groups is 1. The summed E-state index contributed by atoms with van der Waals surface area (Å²) in [6.45, 7) is 14.4. The summed E-state index contributed by atoms with van der Waals surface area (Å²) in [6.07, 6.45) is 1.45. The van der Waals surface area contributed by atoms with Gasteiger partial charge in [0.25, 0.3) is 0 Å². The topological polar surface area (TPSA) is 62.7 Å². The standard InChI is InChI=1S/C19H30N2O3/c1-12(2)8-16(22)14-9-15-13(10-20-14)19(6,7)11-21(15)17(23)24-18(3,4)5/h9-10,12,16,22H,8,11H2,1-7H3. The second kappa shape index (κ2) is 6.36. The lowest BCUT2D eigenvalue weighted by Gasteiger charge is -2.26. The molecular formula is C19H30N2O3. The van der Waals surface area contributed by atoms with Crippen molar-refractivity contribution in [3.63, 3.8) is 0 Å². The summed E-state index contributed by atoms with van der Waals surface area (Å²) in [5.74, 6) is 0.369. The van der Waals surface area contributed by atoms with E-state index in [-0.39, 0.29) is 11.5 Å². The highest BCUT2D eigenvalue weighted by molar-refractivity contribution is 5.91. The Morgan fingerprint density at radius 3 is 2.58 bits per heavy atom. The molecule has 1 aromatic heterocycles. The summed E-state index contributed by atoms with van der Waals surface area (Å²) in [7, 11) is 0. The monoisotopic (exact) mass is 334 g/mol. The van der Waals surface area contributed by atoms with E-state index < -0.39 is 11.7 Å². The first-order valence-electron chi connectivity index (χ1n) is 8.60. The maximum atomic E-state index is 12.6. The van der Waals surface area contributed by atoms with Crippen LogP contribution in [-0.2, 0) is 10.2 Å². The molecule has 0 bridgehead atoms. The van der Waals surface area contributed by atoms with E-state index in [9.17, 15) is 9.90 Å². The molecule has 1 aliphatic heterocycles. The summed E-state index contributed by atoms with van der Waals surface area (Å²) in [4.78, 5) is 18.7. The first kappa shape index (κ1) is 18.7. The van der Waals surface area contributed by atoms with Crippen molar-refractivity contribution in [2.45, 2.75) is 72.0 Å². The van der Waals surface area contributed by atoms with E-state index >= 15 is 0 Å². The molecule has 1 aromatic rings. The van der Waals surface area contributed by atoms with Gasteiger partial charge in [-0.15, -0.1) is 0 Å². The van der Waals surface area contributed by atoms with Crippen LogP contribution in [0.3, 0.4) is 0 Å². The number of hydrogen-bond donors (Lipinski definition) is 1. The van der Waals surface area contributed by atoms with Gasteiger partial charge in [0.05, 0.1) is 17.5 Å². The maximum Gasteiger partial charge on any atom is 0.414 e. The number of amides is 1. The van der Waals surface area contributed by atoms with Crippen LogP contribution in [0.25, 0.3) is 0 Å². The molecule has 0 saturated carbocycles. The largest absolute Gasteiger partial charge is 0.443 e. The van der Waals surface area contributed by atoms with E-state index in [0.29, 0.717) is 24.6 Å². The van der Waals surface area contributed by atoms with Gasteiger partial charge in [0.2, 0.25) is 0 Å². The van der Waals surface area contributed by atoms with Gasteiger partial charge in [0, 0.05) is 23.7 Å². The molecule has 2 heterocycles. The number of fused-ring (bicyclic) bond motifs is 1. The van der Waals surface area contributed by atoms with E-state index in [1.165, 1.54) is 0 Å². The van der Waals surface area contributed by atoms with Crippen molar-refractivity contribution >= 4 is 11.8 Å². The molecule has 1 amide bonds. The SMILES string of the molecule is CC(C)CC(O)c1cc2c(cn1)C(C)(C)CN2C(=O)OC(C)(C)C. The number of aliphatic hydroxyl groups excluding tert-OH is 1. The number of nitrogens with zero attached hydrogens (tertiary/aromatic N) is 2. The van der Waals surface area contributed by atoms with Crippen molar-refractivity contribution in [1.82, 2.24) is 4.98 Å². The molecule has 24 heavy (non-hydrogen) atoms. The molecule has 2 rings (SSSR count). The van der Waals surface area contributed by atoms with Crippen molar-refractivity contribution in [2.24, 2.45) is 5.92 Å². The number of carbonyl (C=O) groups excluding carboxylic acids is 1. The zero-order valence-corrected chi connectivity index (χ0v) is 15.9. The minimum absolute atomic E-state index is 0.194. The summed E-state index contributed by atoms with van der Waals surface area (Å²) in [6, 6.07) is 1.83. The van der Waals surface area contributed by atoms with E-state index in [1.54, 1.807) is 11.1 Å². The molecule has 1 unspecified atom stereocenters. The van der Waals surface area contributed by atoms with Crippen LogP contribution >= 0.6 is 0 Å². The summed E-state index contributed by atoms with van der Waals surface area (Å²) >= 11 is 0. The summed E-state index contributed by atoms with van der Waals surface area (Å²) in [5.41, 5.74) is 1.67. The molecule has 1 atom stereocenters. The second-order valence-electron chi connectivity index (χ2n) is 8.72. The number of anilines is 1. The highest BCUT2D eigenvalue weighted by Gasteiger charge is 2.40. The molecule has 134 valence electrons. The Morgan fingerprint density at radius 2 is 2.04 bits per heavy atom. The van der Waals surface area contributed by atoms with Gasteiger partial charge in [-0.3, -0.25) is 9.88 Å². The van der Waals surface area contributed by atoms with E-state index in [1.807, 2.05) is 26.8 Å². The third-order valence-electron chi connectivity index (χ3n) is 4.13. The zero-order chi connectivity index (χ0) is 18.3. The molecule has 5 nitrogen and oxygen atoms in total. The molecule has 0 saturated heterocycles. The van der Waals surface area contributed by atoms with E-state index in [4.69, 9.17) is 4.74 Å². The van der Waals surface area contributed by atoms with Crippen LogP contribution in [0.5, 0.6) is 0 Å². The first-order valence-corrected chi connectivity index (χ1v) is 8.60. The Kier molecular flexibility index (Phi) is 4.96. The Bertz CT molecular complexity index is 618. The lowest BCUT2D eigenvalue weighted by molar-refractivity contribution is 0.0579. The average Bonchev–Trinajstić information content (AvgIpc) is 2.68. The number of aromatic nitrogens is 1. The highest BCUT2D eigenvalue weighted by Crippen LogP contribution is 2.41. The first-order chi connectivity index (χ1) is 10.9. The Balaban J connectivity index is 2.36. The van der Waals surface area contributed by atoms with Crippen molar-refractivity contribution in [3.05, 3.63) is 23.5 Å². The number of rotatable bonds is 3. The molecule has 0 aromatic carbocycles. The predicted octanol–water partition coefficient (Wildman–Crippen LogP) is 4.19. The van der Waals surface area contributed by atoms with Crippen LogP contribution < -0.4 is 4.90 Å². The zero-order valence-electron chi connectivity index (χ0n) is 15.9. The van der Waals surface area contributed by atoms with Gasteiger partial charge in [0.1, 0.15) is 5.60 Å². The number of hydrogen-bond acceptors (Lipinski definition) is 4. The Labute approximate surface area is 145 Å². The molecule has 1 N–H and O–H groups in total. The van der Waals surface area contributed by atoms with Crippen LogP contribution in [-0.4, -0.2) is 28.3 Å². The van der Waals surface area contributed by atoms with Gasteiger partial charge in [-0.1, -0.05) is 27.7 Å².